The highest BCUT2D eigenvalue weighted by atomic mass is 35.5. The molecule has 3 rings (SSSR count). The number of sulfonamides is 1. The molecule has 2 aromatic carbocycles. The summed E-state index contributed by atoms with van der Waals surface area (Å²) in [5.74, 6) is 1.23. The topological polar surface area (TPSA) is 88.4 Å². The highest BCUT2D eigenvalue weighted by molar-refractivity contribution is 7.89. The van der Waals surface area contributed by atoms with Gasteiger partial charge in [-0.3, -0.25) is 0 Å². The highest BCUT2D eigenvalue weighted by Gasteiger charge is 2.21. The highest BCUT2D eigenvalue weighted by Crippen LogP contribution is 2.33. The zero-order chi connectivity index (χ0) is 18.0. The second-order valence-electron chi connectivity index (χ2n) is 5.50. The summed E-state index contributed by atoms with van der Waals surface area (Å²) in [6, 6.07) is 10.7. The lowest BCUT2D eigenvalue weighted by molar-refractivity contribution is 0.171. The smallest absolute Gasteiger partial charge is 0.241 e. The van der Waals surface area contributed by atoms with Crippen LogP contribution in [0.5, 0.6) is 11.5 Å². The fourth-order valence-electron chi connectivity index (χ4n) is 2.46. The molecule has 25 heavy (non-hydrogen) atoms. The molecule has 1 unspecified atom stereocenters. The maximum Gasteiger partial charge on any atom is 0.241 e. The molecule has 6 nitrogen and oxygen atoms in total. The van der Waals surface area contributed by atoms with E-state index in [1.807, 2.05) is 6.07 Å². The van der Waals surface area contributed by atoms with E-state index in [4.69, 9.17) is 26.3 Å². The van der Waals surface area contributed by atoms with Crippen molar-refractivity contribution in [3.8, 4) is 17.6 Å². The summed E-state index contributed by atoms with van der Waals surface area (Å²) in [6.45, 7) is 2.68. The van der Waals surface area contributed by atoms with E-state index in [9.17, 15) is 8.42 Å². The van der Waals surface area contributed by atoms with Crippen LogP contribution >= 0.6 is 11.6 Å². The van der Waals surface area contributed by atoms with Crippen molar-refractivity contribution >= 4 is 21.6 Å². The van der Waals surface area contributed by atoms with Crippen LogP contribution in [0.2, 0.25) is 5.02 Å². The average Bonchev–Trinajstić information content (AvgIpc) is 2.61. The van der Waals surface area contributed by atoms with E-state index in [-0.39, 0.29) is 15.5 Å². The third-order valence-electron chi connectivity index (χ3n) is 3.77. The Morgan fingerprint density at radius 3 is 2.60 bits per heavy atom. The number of rotatable bonds is 4. The van der Waals surface area contributed by atoms with Crippen molar-refractivity contribution in [2.75, 3.05) is 13.2 Å². The van der Waals surface area contributed by atoms with Crippen molar-refractivity contribution in [3.63, 3.8) is 0 Å². The van der Waals surface area contributed by atoms with Gasteiger partial charge in [0.15, 0.2) is 11.5 Å². The van der Waals surface area contributed by atoms with Crippen molar-refractivity contribution in [2.24, 2.45) is 0 Å². The number of benzene rings is 2. The molecule has 1 heterocycles. The molecule has 1 aliphatic rings. The van der Waals surface area contributed by atoms with E-state index >= 15 is 0 Å². The molecule has 0 radical (unpaired) electrons. The Hall–Kier alpha value is -2.27. The van der Waals surface area contributed by atoms with Crippen molar-refractivity contribution < 1.29 is 17.9 Å². The maximum absolute atomic E-state index is 12.6. The van der Waals surface area contributed by atoms with Crippen molar-refractivity contribution in [1.82, 2.24) is 4.72 Å². The lowest BCUT2D eigenvalue weighted by Gasteiger charge is -2.21. The minimum absolute atomic E-state index is 0.0159. The summed E-state index contributed by atoms with van der Waals surface area (Å²) in [5, 5.41) is 9.22. The van der Waals surface area contributed by atoms with E-state index in [0.717, 1.165) is 5.56 Å². The quantitative estimate of drug-likeness (QED) is 0.883. The molecule has 0 aromatic heterocycles. The normalized spacial score (nSPS) is 14.6. The van der Waals surface area contributed by atoms with Crippen LogP contribution in [0, 0.1) is 11.3 Å². The fraction of sp³-hybridized carbons (Fsp3) is 0.235. The molecular formula is C17H15ClN2O4S. The van der Waals surface area contributed by atoms with Crippen molar-refractivity contribution in [2.45, 2.75) is 17.9 Å². The molecule has 0 spiro atoms. The monoisotopic (exact) mass is 378 g/mol. The van der Waals surface area contributed by atoms with Crippen molar-refractivity contribution in [3.05, 3.63) is 52.5 Å². The predicted molar refractivity (Wildman–Crippen MR) is 92.3 cm³/mol. The molecule has 0 fully saturated rings. The van der Waals surface area contributed by atoms with Gasteiger partial charge in [0.25, 0.3) is 0 Å². The van der Waals surface area contributed by atoms with Gasteiger partial charge in [0.1, 0.15) is 19.3 Å². The van der Waals surface area contributed by atoms with Crippen LogP contribution in [0.4, 0.5) is 0 Å². The van der Waals surface area contributed by atoms with Crippen LogP contribution < -0.4 is 14.2 Å². The van der Waals surface area contributed by atoms with E-state index in [2.05, 4.69) is 4.72 Å². The van der Waals surface area contributed by atoms with Crippen LogP contribution in [-0.2, 0) is 10.0 Å². The van der Waals surface area contributed by atoms with E-state index in [1.165, 1.54) is 18.2 Å². The molecule has 0 bridgehead atoms. The van der Waals surface area contributed by atoms with Crippen molar-refractivity contribution in [1.29, 1.82) is 5.26 Å². The number of ether oxygens (including phenoxy) is 2. The van der Waals surface area contributed by atoms with Gasteiger partial charge in [-0.05, 0) is 42.8 Å². The number of hydrogen-bond acceptors (Lipinski definition) is 5. The zero-order valence-electron chi connectivity index (χ0n) is 13.3. The minimum atomic E-state index is -3.81. The first-order valence-corrected chi connectivity index (χ1v) is 9.38. The van der Waals surface area contributed by atoms with Gasteiger partial charge in [-0.15, -0.1) is 0 Å². The fourth-order valence-corrected chi connectivity index (χ4v) is 3.87. The minimum Gasteiger partial charge on any atom is -0.486 e. The van der Waals surface area contributed by atoms with Gasteiger partial charge >= 0.3 is 0 Å². The first kappa shape index (κ1) is 17.5. The van der Waals surface area contributed by atoms with E-state index < -0.39 is 16.1 Å². The SMILES string of the molecule is CC(NS(=O)(=O)c1ccc(Cl)c(C#N)c1)c1ccc2c(c1)OCCO2. The molecular weight excluding hydrogens is 364 g/mol. The lowest BCUT2D eigenvalue weighted by atomic mass is 10.1. The third-order valence-corrected chi connectivity index (χ3v) is 5.63. The molecule has 0 amide bonds. The predicted octanol–water partition coefficient (Wildman–Crippen LogP) is 3.02. The second kappa shape index (κ2) is 6.92. The second-order valence-corrected chi connectivity index (χ2v) is 7.62. The first-order chi connectivity index (χ1) is 11.9. The molecule has 0 aliphatic carbocycles. The summed E-state index contributed by atoms with van der Waals surface area (Å²) in [7, 11) is -3.81. The van der Waals surface area contributed by atoms with Gasteiger partial charge in [-0.25, -0.2) is 13.1 Å². The molecule has 1 atom stereocenters. The summed E-state index contributed by atoms with van der Waals surface area (Å²) < 4.78 is 38.7. The average molecular weight is 379 g/mol. The molecule has 2 aromatic rings. The molecule has 8 heteroatoms. The number of nitriles is 1. The summed E-state index contributed by atoms with van der Waals surface area (Å²) in [6.07, 6.45) is 0. The number of hydrogen-bond donors (Lipinski definition) is 1. The Bertz CT molecular complexity index is 954. The van der Waals surface area contributed by atoms with Gasteiger partial charge in [-0.2, -0.15) is 5.26 Å². The molecule has 0 saturated heterocycles. The Labute approximate surface area is 151 Å². The number of fused-ring (bicyclic) bond motifs is 1. The Kier molecular flexibility index (Phi) is 4.86. The Morgan fingerprint density at radius 1 is 1.16 bits per heavy atom. The summed E-state index contributed by atoms with van der Waals surface area (Å²) in [5.41, 5.74) is 0.846. The van der Waals surface area contributed by atoms with Crippen LogP contribution in [0.1, 0.15) is 24.1 Å². The molecule has 1 N–H and O–H groups in total. The van der Waals surface area contributed by atoms with Crippen LogP contribution in [-0.4, -0.2) is 21.6 Å². The van der Waals surface area contributed by atoms with Crippen LogP contribution in [0.3, 0.4) is 0 Å². The number of nitrogens with one attached hydrogen (secondary N) is 1. The largest absolute Gasteiger partial charge is 0.486 e. The van der Waals surface area contributed by atoms with Gasteiger partial charge < -0.3 is 9.47 Å². The van der Waals surface area contributed by atoms with E-state index in [1.54, 1.807) is 25.1 Å². The van der Waals surface area contributed by atoms with Crippen LogP contribution in [0.15, 0.2) is 41.3 Å². The lowest BCUT2D eigenvalue weighted by Crippen LogP contribution is -2.27. The van der Waals surface area contributed by atoms with Crippen LogP contribution in [0.25, 0.3) is 0 Å². The Morgan fingerprint density at radius 2 is 1.88 bits per heavy atom. The van der Waals surface area contributed by atoms with Gasteiger partial charge in [0.2, 0.25) is 10.0 Å². The number of halogens is 1. The zero-order valence-corrected chi connectivity index (χ0v) is 14.9. The summed E-state index contributed by atoms with van der Waals surface area (Å²) in [4.78, 5) is -0.0159. The van der Waals surface area contributed by atoms with E-state index in [0.29, 0.717) is 24.7 Å². The number of nitrogens with zero attached hydrogens (tertiary/aromatic N) is 1. The maximum atomic E-state index is 12.6. The first-order valence-electron chi connectivity index (χ1n) is 7.52. The molecule has 0 saturated carbocycles. The molecule has 1 aliphatic heterocycles. The summed E-state index contributed by atoms with van der Waals surface area (Å²) >= 11 is 5.85. The third kappa shape index (κ3) is 3.71. The van der Waals surface area contributed by atoms with Gasteiger partial charge in [-0.1, -0.05) is 17.7 Å². The Balaban J connectivity index is 1.84. The molecule has 130 valence electrons. The van der Waals surface area contributed by atoms with Gasteiger partial charge in [0, 0.05) is 6.04 Å². The van der Waals surface area contributed by atoms with Gasteiger partial charge in [0.05, 0.1) is 15.5 Å². The standard InChI is InChI=1S/C17H15ClN2O4S/c1-11(12-2-5-16-17(9-12)24-7-6-23-16)20-25(21,22)14-3-4-15(18)13(8-14)10-19/h2-5,8-9,11,20H,6-7H2,1H3.